The SMILES string of the molecule is CNc1ccnc(-c2ccc(OC)c(Br)c2)n1. The Hall–Kier alpha value is -1.62. The van der Waals surface area contributed by atoms with Crippen LogP contribution in [0.25, 0.3) is 11.4 Å². The summed E-state index contributed by atoms with van der Waals surface area (Å²) < 4.78 is 6.07. The fourth-order valence-electron chi connectivity index (χ4n) is 1.44. The van der Waals surface area contributed by atoms with Gasteiger partial charge in [-0.1, -0.05) is 0 Å². The summed E-state index contributed by atoms with van der Waals surface area (Å²) in [6.07, 6.45) is 1.73. The summed E-state index contributed by atoms with van der Waals surface area (Å²) in [6, 6.07) is 7.57. The van der Waals surface area contributed by atoms with E-state index in [4.69, 9.17) is 4.74 Å². The first-order valence-corrected chi connectivity index (χ1v) is 5.88. The number of nitrogens with zero attached hydrogens (tertiary/aromatic N) is 2. The molecule has 0 unspecified atom stereocenters. The molecule has 1 aromatic heterocycles. The lowest BCUT2D eigenvalue weighted by Gasteiger charge is -2.06. The van der Waals surface area contributed by atoms with Crippen LogP contribution in [-0.2, 0) is 0 Å². The van der Waals surface area contributed by atoms with E-state index in [1.165, 1.54) is 0 Å². The van der Waals surface area contributed by atoms with Crippen molar-refractivity contribution in [3.63, 3.8) is 0 Å². The van der Waals surface area contributed by atoms with Gasteiger partial charge in [-0.3, -0.25) is 0 Å². The van der Waals surface area contributed by atoms with Crippen LogP contribution in [0.3, 0.4) is 0 Å². The molecule has 1 N–H and O–H groups in total. The van der Waals surface area contributed by atoms with Gasteiger partial charge in [0.25, 0.3) is 0 Å². The zero-order valence-electron chi connectivity index (χ0n) is 9.57. The van der Waals surface area contributed by atoms with Gasteiger partial charge in [0.2, 0.25) is 0 Å². The zero-order valence-corrected chi connectivity index (χ0v) is 11.2. The van der Waals surface area contributed by atoms with E-state index in [-0.39, 0.29) is 0 Å². The molecule has 4 nitrogen and oxygen atoms in total. The minimum Gasteiger partial charge on any atom is -0.496 e. The Labute approximate surface area is 108 Å². The topological polar surface area (TPSA) is 47.0 Å². The zero-order chi connectivity index (χ0) is 12.3. The Morgan fingerprint density at radius 3 is 2.76 bits per heavy atom. The van der Waals surface area contributed by atoms with Gasteiger partial charge in [0, 0.05) is 18.8 Å². The van der Waals surface area contributed by atoms with E-state index >= 15 is 0 Å². The molecule has 0 saturated heterocycles. The van der Waals surface area contributed by atoms with Crippen LogP contribution in [0.5, 0.6) is 5.75 Å². The van der Waals surface area contributed by atoms with Gasteiger partial charge in [-0.25, -0.2) is 9.97 Å². The van der Waals surface area contributed by atoms with E-state index in [0.29, 0.717) is 5.82 Å². The molecular formula is C12H12BrN3O. The van der Waals surface area contributed by atoms with Crippen LogP contribution in [0, 0.1) is 0 Å². The van der Waals surface area contributed by atoms with Crippen molar-refractivity contribution in [2.24, 2.45) is 0 Å². The van der Waals surface area contributed by atoms with Gasteiger partial charge in [0.15, 0.2) is 5.82 Å². The molecule has 0 saturated carbocycles. The van der Waals surface area contributed by atoms with Gasteiger partial charge in [0.1, 0.15) is 11.6 Å². The highest BCUT2D eigenvalue weighted by Gasteiger charge is 2.06. The van der Waals surface area contributed by atoms with E-state index in [1.807, 2.05) is 31.3 Å². The van der Waals surface area contributed by atoms with Crippen molar-refractivity contribution in [1.29, 1.82) is 0 Å². The molecule has 1 heterocycles. The molecule has 17 heavy (non-hydrogen) atoms. The Kier molecular flexibility index (Phi) is 3.58. The predicted octanol–water partition coefficient (Wildman–Crippen LogP) is 2.96. The summed E-state index contributed by atoms with van der Waals surface area (Å²) in [7, 11) is 3.47. The average molecular weight is 294 g/mol. The lowest BCUT2D eigenvalue weighted by molar-refractivity contribution is 0.412. The Morgan fingerprint density at radius 1 is 1.29 bits per heavy atom. The second-order valence-corrected chi connectivity index (χ2v) is 4.22. The number of aromatic nitrogens is 2. The minimum absolute atomic E-state index is 0.681. The number of hydrogen-bond acceptors (Lipinski definition) is 4. The molecule has 1 aromatic carbocycles. The highest BCUT2D eigenvalue weighted by atomic mass is 79.9. The largest absolute Gasteiger partial charge is 0.496 e. The number of anilines is 1. The standard InChI is InChI=1S/C12H12BrN3O/c1-14-11-5-6-15-12(16-11)8-3-4-10(17-2)9(13)7-8/h3-7H,1-2H3,(H,14,15,16). The lowest BCUT2D eigenvalue weighted by atomic mass is 10.2. The molecule has 2 aromatic rings. The minimum atomic E-state index is 0.681. The fourth-order valence-corrected chi connectivity index (χ4v) is 1.98. The summed E-state index contributed by atoms with van der Waals surface area (Å²) in [5, 5.41) is 2.99. The van der Waals surface area contributed by atoms with Crippen LogP contribution in [0.1, 0.15) is 0 Å². The molecule has 2 rings (SSSR count). The van der Waals surface area contributed by atoms with Crippen LogP contribution in [0.4, 0.5) is 5.82 Å². The van der Waals surface area contributed by atoms with Gasteiger partial charge >= 0.3 is 0 Å². The smallest absolute Gasteiger partial charge is 0.161 e. The Bertz CT molecular complexity index is 531. The van der Waals surface area contributed by atoms with E-state index in [2.05, 4.69) is 31.2 Å². The highest BCUT2D eigenvalue weighted by molar-refractivity contribution is 9.10. The molecule has 0 radical (unpaired) electrons. The Morgan fingerprint density at radius 2 is 2.12 bits per heavy atom. The third-order valence-electron chi connectivity index (χ3n) is 2.32. The van der Waals surface area contributed by atoms with Crippen molar-refractivity contribution in [2.75, 3.05) is 19.5 Å². The van der Waals surface area contributed by atoms with Crippen molar-refractivity contribution < 1.29 is 4.74 Å². The maximum atomic E-state index is 5.18. The first-order chi connectivity index (χ1) is 8.24. The molecule has 0 atom stereocenters. The summed E-state index contributed by atoms with van der Waals surface area (Å²) in [4.78, 5) is 8.62. The third-order valence-corrected chi connectivity index (χ3v) is 2.94. The van der Waals surface area contributed by atoms with Crippen molar-refractivity contribution in [3.8, 4) is 17.1 Å². The molecule has 0 amide bonds. The first-order valence-electron chi connectivity index (χ1n) is 5.09. The first kappa shape index (κ1) is 11.9. The van der Waals surface area contributed by atoms with E-state index in [9.17, 15) is 0 Å². The summed E-state index contributed by atoms with van der Waals surface area (Å²) in [6.45, 7) is 0. The number of ether oxygens (including phenoxy) is 1. The normalized spacial score (nSPS) is 10.1. The molecule has 0 aliphatic rings. The third kappa shape index (κ3) is 2.55. The van der Waals surface area contributed by atoms with E-state index < -0.39 is 0 Å². The molecule has 5 heteroatoms. The maximum absolute atomic E-state index is 5.18. The predicted molar refractivity (Wildman–Crippen MR) is 71.3 cm³/mol. The van der Waals surface area contributed by atoms with Crippen LogP contribution in [0.15, 0.2) is 34.9 Å². The van der Waals surface area contributed by atoms with Crippen molar-refractivity contribution in [1.82, 2.24) is 9.97 Å². The van der Waals surface area contributed by atoms with Gasteiger partial charge in [-0.05, 0) is 40.2 Å². The molecule has 0 aliphatic heterocycles. The number of rotatable bonds is 3. The fraction of sp³-hybridized carbons (Fsp3) is 0.167. The van der Waals surface area contributed by atoms with Crippen molar-refractivity contribution in [3.05, 3.63) is 34.9 Å². The highest BCUT2D eigenvalue weighted by Crippen LogP contribution is 2.29. The number of nitrogens with one attached hydrogen (secondary N) is 1. The second-order valence-electron chi connectivity index (χ2n) is 3.36. The molecule has 88 valence electrons. The summed E-state index contributed by atoms with van der Waals surface area (Å²) in [5.41, 5.74) is 0.940. The number of benzene rings is 1. The molecule has 0 aliphatic carbocycles. The lowest BCUT2D eigenvalue weighted by Crippen LogP contribution is -1.96. The second kappa shape index (κ2) is 5.14. The van der Waals surface area contributed by atoms with Crippen LogP contribution < -0.4 is 10.1 Å². The quantitative estimate of drug-likeness (QED) is 0.945. The Balaban J connectivity index is 2.42. The molecule has 0 fully saturated rings. The number of methoxy groups -OCH3 is 1. The van der Waals surface area contributed by atoms with Crippen LogP contribution in [-0.4, -0.2) is 24.1 Å². The van der Waals surface area contributed by atoms with Gasteiger partial charge in [-0.15, -0.1) is 0 Å². The van der Waals surface area contributed by atoms with Gasteiger partial charge in [-0.2, -0.15) is 0 Å². The van der Waals surface area contributed by atoms with Crippen molar-refractivity contribution in [2.45, 2.75) is 0 Å². The van der Waals surface area contributed by atoms with E-state index in [0.717, 1.165) is 21.6 Å². The average Bonchev–Trinajstić information content (AvgIpc) is 2.38. The van der Waals surface area contributed by atoms with Gasteiger partial charge < -0.3 is 10.1 Å². The maximum Gasteiger partial charge on any atom is 0.161 e. The molecule has 0 bridgehead atoms. The van der Waals surface area contributed by atoms with Crippen LogP contribution >= 0.6 is 15.9 Å². The number of halogens is 1. The van der Waals surface area contributed by atoms with E-state index in [1.54, 1.807) is 13.3 Å². The van der Waals surface area contributed by atoms with Crippen LogP contribution in [0.2, 0.25) is 0 Å². The molecule has 0 spiro atoms. The monoisotopic (exact) mass is 293 g/mol. The van der Waals surface area contributed by atoms with Gasteiger partial charge in [0.05, 0.1) is 11.6 Å². The van der Waals surface area contributed by atoms with Crippen molar-refractivity contribution >= 4 is 21.7 Å². The summed E-state index contributed by atoms with van der Waals surface area (Å²) >= 11 is 3.44. The molecular weight excluding hydrogens is 282 g/mol. The summed E-state index contributed by atoms with van der Waals surface area (Å²) in [5.74, 6) is 2.26. The number of hydrogen-bond donors (Lipinski definition) is 1.